The first kappa shape index (κ1) is 20.8. The summed E-state index contributed by atoms with van der Waals surface area (Å²) in [5.74, 6) is -0.0417. The average Bonchev–Trinajstić information content (AvgIpc) is 2.60. The average molecular weight is 360 g/mol. The molecule has 0 spiro atoms. The topological polar surface area (TPSA) is 59.0 Å². The van der Waals surface area contributed by atoms with E-state index in [4.69, 9.17) is 9.39 Å². The summed E-state index contributed by atoms with van der Waals surface area (Å²) < 4.78 is 10.9. The molecule has 1 aliphatic heterocycles. The summed E-state index contributed by atoms with van der Waals surface area (Å²) in [5, 5.41) is 10.1. The lowest BCUT2D eigenvalue weighted by atomic mass is 9.82. The molecule has 1 aromatic rings. The minimum absolute atomic E-state index is 0.0243. The Hall–Kier alpha value is -1.53. The summed E-state index contributed by atoms with van der Waals surface area (Å²) in [4.78, 5) is 14.1. The summed E-state index contributed by atoms with van der Waals surface area (Å²) in [5.41, 5.74) is 0.478. The molecule has 1 fully saturated rings. The Morgan fingerprint density at radius 1 is 1.19 bits per heavy atom. The lowest BCUT2D eigenvalue weighted by Crippen LogP contribution is -2.49. The zero-order valence-electron chi connectivity index (χ0n) is 16.6. The highest BCUT2D eigenvalue weighted by molar-refractivity contribution is 6.47. The van der Waals surface area contributed by atoms with Gasteiger partial charge in [-0.2, -0.15) is 0 Å². The van der Waals surface area contributed by atoms with Crippen LogP contribution in [-0.2, 0) is 14.2 Å². The first-order valence-electron chi connectivity index (χ1n) is 9.39. The van der Waals surface area contributed by atoms with Crippen molar-refractivity contribution in [3.63, 3.8) is 0 Å². The van der Waals surface area contributed by atoms with Crippen molar-refractivity contribution in [2.24, 2.45) is 5.92 Å². The molecule has 0 aliphatic carbocycles. The van der Waals surface area contributed by atoms with E-state index in [0.717, 1.165) is 37.1 Å². The molecule has 1 radical (unpaired) electrons. The third kappa shape index (κ3) is 5.24. The third-order valence-electron chi connectivity index (χ3n) is 5.34. The SMILES string of the molecule is CCOC(=O)C1CCN(c2ccc([B]OC(C)(C)C(C)(C)O)cc2)CC1. The van der Waals surface area contributed by atoms with Crippen molar-refractivity contribution in [1.82, 2.24) is 0 Å². The van der Waals surface area contributed by atoms with E-state index in [2.05, 4.69) is 17.0 Å². The van der Waals surface area contributed by atoms with Crippen LogP contribution in [0.4, 0.5) is 5.69 Å². The quantitative estimate of drug-likeness (QED) is 0.597. The number of piperidine rings is 1. The zero-order chi connectivity index (χ0) is 19.4. The second-order valence-electron chi connectivity index (χ2n) is 7.91. The molecule has 26 heavy (non-hydrogen) atoms. The van der Waals surface area contributed by atoms with Gasteiger partial charge in [0.1, 0.15) is 0 Å². The van der Waals surface area contributed by atoms with Crippen molar-refractivity contribution < 1.29 is 19.3 Å². The predicted molar refractivity (Wildman–Crippen MR) is 105 cm³/mol. The molecule has 1 aliphatic rings. The van der Waals surface area contributed by atoms with E-state index in [9.17, 15) is 9.90 Å². The van der Waals surface area contributed by atoms with Crippen LogP contribution in [0.15, 0.2) is 24.3 Å². The number of nitrogens with zero attached hydrogens (tertiary/aromatic N) is 1. The van der Waals surface area contributed by atoms with Crippen LogP contribution < -0.4 is 10.4 Å². The summed E-state index contributed by atoms with van der Waals surface area (Å²) in [6, 6.07) is 8.15. The lowest BCUT2D eigenvalue weighted by molar-refractivity contribution is -0.148. The number of esters is 1. The van der Waals surface area contributed by atoms with Crippen LogP contribution in [0.5, 0.6) is 0 Å². The highest BCUT2D eigenvalue weighted by Crippen LogP contribution is 2.25. The van der Waals surface area contributed by atoms with Gasteiger partial charge in [0.15, 0.2) is 0 Å². The Kier molecular flexibility index (Phi) is 6.75. The smallest absolute Gasteiger partial charge is 0.330 e. The molecule has 6 heteroatoms. The van der Waals surface area contributed by atoms with Crippen molar-refractivity contribution in [3.8, 4) is 0 Å². The predicted octanol–water partition coefficient (Wildman–Crippen LogP) is 2.28. The van der Waals surface area contributed by atoms with Crippen molar-refractivity contribution in [3.05, 3.63) is 24.3 Å². The maximum absolute atomic E-state index is 11.8. The van der Waals surface area contributed by atoms with Crippen LogP contribution >= 0.6 is 0 Å². The molecule has 1 N–H and O–H groups in total. The zero-order valence-corrected chi connectivity index (χ0v) is 16.6. The molecule has 5 nitrogen and oxygen atoms in total. The van der Waals surface area contributed by atoms with Crippen LogP contribution in [0.3, 0.4) is 0 Å². The van der Waals surface area contributed by atoms with E-state index >= 15 is 0 Å². The highest BCUT2D eigenvalue weighted by atomic mass is 16.5. The van der Waals surface area contributed by atoms with Crippen molar-refractivity contribution >= 4 is 24.6 Å². The minimum Gasteiger partial charge on any atom is -0.466 e. The van der Waals surface area contributed by atoms with Crippen molar-refractivity contribution in [2.75, 3.05) is 24.6 Å². The van der Waals surface area contributed by atoms with Gasteiger partial charge in [-0.25, -0.2) is 0 Å². The summed E-state index contributed by atoms with van der Waals surface area (Å²) >= 11 is 0. The fourth-order valence-corrected chi connectivity index (χ4v) is 2.76. The number of anilines is 1. The number of ether oxygens (including phenoxy) is 1. The summed E-state index contributed by atoms with van der Waals surface area (Å²) in [6.45, 7) is 11.2. The molecule has 0 atom stereocenters. The van der Waals surface area contributed by atoms with Gasteiger partial charge in [0, 0.05) is 18.8 Å². The molecule has 143 valence electrons. The number of carbonyl (C=O) groups excluding carboxylic acids is 1. The van der Waals surface area contributed by atoms with Crippen molar-refractivity contribution in [1.29, 1.82) is 0 Å². The molecule has 0 aromatic heterocycles. The van der Waals surface area contributed by atoms with E-state index in [1.165, 1.54) is 0 Å². The normalized spacial score (nSPS) is 16.5. The Bertz CT molecular complexity index is 587. The van der Waals surface area contributed by atoms with Gasteiger partial charge >= 0.3 is 13.5 Å². The van der Waals surface area contributed by atoms with E-state index < -0.39 is 11.2 Å². The molecular formula is C20H31BNO4. The van der Waals surface area contributed by atoms with E-state index in [1.807, 2.05) is 32.9 Å². The molecule has 0 saturated carbocycles. The Labute approximate surface area is 157 Å². The Morgan fingerprint density at radius 3 is 2.27 bits per heavy atom. The molecule has 1 saturated heterocycles. The molecule has 0 unspecified atom stereocenters. The second kappa shape index (κ2) is 8.44. The van der Waals surface area contributed by atoms with Gasteiger partial charge in [0.2, 0.25) is 0 Å². The maximum atomic E-state index is 11.8. The molecule has 1 aromatic carbocycles. The van der Waals surface area contributed by atoms with Gasteiger partial charge < -0.3 is 19.4 Å². The molecule has 1 heterocycles. The van der Waals surface area contributed by atoms with E-state index in [1.54, 1.807) is 21.3 Å². The van der Waals surface area contributed by atoms with E-state index in [-0.39, 0.29) is 11.9 Å². The molecule has 0 amide bonds. The third-order valence-corrected chi connectivity index (χ3v) is 5.34. The van der Waals surface area contributed by atoms with Gasteiger partial charge in [0.25, 0.3) is 0 Å². The maximum Gasteiger partial charge on any atom is 0.330 e. The number of aliphatic hydroxyl groups is 1. The van der Waals surface area contributed by atoms with Gasteiger partial charge in [0.05, 0.1) is 23.7 Å². The molecule has 0 bridgehead atoms. The number of rotatable bonds is 7. The summed E-state index contributed by atoms with van der Waals surface area (Å²) in [6.07, 6.45) is 1.66. The van der Waals surface area contributed by atoms with Gasteiger partial charge in [-0.15, -0.1) is 0 Å². The second-order valence-corrected chi connectivity index (χ2v) is 7.91. The fraction of sp³-hybridized carbons (Fsp3) is 0.650. The number of hydrogen-bond donors (Lipinski definition) is 1. The first-order valence-corrected chi connectivity index (χ1v) is 9.39. The highest BCUT2D eigenvalue weighted by Gasteiger charge is 2.35. The monoisotopic (exact) mass is 360 g/mol. The standard InChI is InChI=1S/C20H31BNO4/c1-6-25-18(23)15-11-13-22(14-12-15)17-9-7-16(8-10-17)21-26-20(4,5)19(2,3)24/h7-10,15,24H,6,11-14H2,1-5H3. The minimum atomic E-state index is -0.938. The first-order chi connectivity index (χ1) is 12.1. The van der Waals surface area contributed by atoms with Gasteiger partial charge in [-0.3, -0.25) is 4.79 Å². The number of hydrogen-bond acceptors (Lipinski definition) is 5. The Balaban J connectivity index is 1.87. The number of carbonyl (C=O) groups is 1. The van der Waals surface area contributed by atoms with Crippen molar-refractivity contribution in [2.45, 2.75) is 58.7 Å². The lowest BCUT2D eigenvalue weighted by Gasteiger charge is -2.37. The largest absolute Gasteiger partial charge is 0.466 e. The molecular weight excluding hydrogens is 329 g/mol. The van der Waals surface area contributed by atoms with Crippen LogP contribution in [0.2, 0.25) is 0 Å². The van der Waals surface area contributed by atoms with Crippen LogP contribution in [0.1, 0.15) is 47.5 Å². The summed E-state index contributed by atoms with van der Waals surface area (Å²) in [7, 11) is 1.69. The van der Waals surface area contributed by atoms with Crippen LogP contribution in [0.25, 0.3) is 0 Å². The van der Waals surface area contributed by atoms with Crippen LogP contribution in [-0.4, -0.2) is 49.5 Å². The fourth-order valence-electron chi connectivity index (χ4n) is 2.76. The Morgan fingerprint density at radius 2 is 1.77 bits per heavy atom. The molecule has 2 rings (SSSR count). The number of benzene rings is 1. The van der Waals surface area contributed by atoms with E-state index in [0.29, 0.717) is 6.61 Å². The van der Waals surface area contributed by atoms with Gasteiger partial charge in [-0.05, 0) is 59.6 Å². The van der Waals surface area contributed by atoms with Crippen LogP contribution in [0, 0.1) is 5.92 Å². The van der Waals surface area contributed by atoms with Gasteiger partial charge in [-0.1, -0.05) is 17.6 Å².